The molecule has 0 heterocycles. The number of nitrogens with one attached hydrogen (secondary N) is 1. The Labute approximate surface area is 167 Å². The predicted molar refractivity (Wildman–Crippen MR) is 114 cm³/mol. The van der Waals surface area contributed by atoms with E-state index >= 15 is 0 Å². The highest BCUT2D eigenvalue weighted by Crippen LogP contribution is 2.25. The van der Waals surface area contributed by atoms with Gasteiger partial charge < -0.3 is 10.2 Å². The SMILES string of the molecule is C/C(=C\c1ccccc1)CN(C(=O)Nc1ccc(Cl)cc1)C1CCCCC1. The van der Waals surface area contributed by atoms with Crippen molar-refractivity contribution in [2.24, 2.45) is 0 Å². The second kappa shape index (κ2) is 9.61. The molecule has 3 rings (SSSR count). The van der Waals surface area contributed by atoms with Crippen molar-refractivity contribution in [1.29, 1.82) is 0 Å². The van der Waals surface area contributed by atoms with Crippen molar-refractivity contribution in [2.45, 2.75) is 45.1 Å². The predicted octanol–water partition coefficient (Wildman–Crippen LogP) is 6.61. The number of urea groups is 1. The Kier molecular flexibility index (Phi) is 6.94. The van der Waals surface area contributed by atoms with Crippen LogP contribution in [0.15, 0.2) is 60.2 Å². The molecule has 0 radical (unpaired) electrons. The van der Waals surface area contributed by atoms with E-state index in [1.165, 1.54) is 24.8 Å². The summed E-state index contributed by atoms with van der Waals surface area (Å²) < 4.78 is 0. The maximum atomic E-state index is 13.0. The number of hydrogen-bond acceptors (Lipinski definition) is 1. The lowest BCUT2D eigenvalue weighted by Gasteiger charge is -2.34. The minimum Gasteiger partial charge on any atom is -0.318 e. The summed E-state index contributed by atoms with van der Waals surface area (Å²) in [5.41, 5.74) is 3.12. The van der Waals surface area contributed by atoms with Gasteiger partial charge in [-0.1, -0.05) is 72.8 Å². The van der Waals surface area contributed by atoms with Gasteiger partial charge in [0.1, 0.15) is 0 Å². The quantitative estimate of drug-likeness (QED) is 0.619. The van der Waals surface area contributed by atoms with Gasteiger partial charge >= 0.3 is 6.03 Å². The first kappa shape index (κ1) is 19.5. The maximum Gasteiger partial charge on any atom is 0.322 e. The Balaban J connectivity index is 1.74. The normalized spacial score (nSPS) is 15.4. The zero-order chi connectivity index (χ0) is 19.1. The molecule has 1 N–H and O–H groups in total. The molecular formula is C23H27ClN2O. The van der Waals surface area contributed by atoms with Crippen molar-refractivity contribution in [3.8, 4) is 0 Å². The average molecular weight is 383 g/mol. The van der Waals surface area contributed by atoms with E-state index in [1.807, 2.05) is 35.2 Å². The third kappa shape index (κ3) is 5.86. The smallest absolute Gasteiger partial charge is 0.318 e. The molecule has 0 aromatic heterocycles. The summed E-state index contributed by atoms with van der Waals surface area (Å²) in [6, 6.07) is 17.8. The summed E-state index contributed by atoms with van der Waals surface area (Å²) in [6.45, 7) is 2.73. The Morgan fingerprint density at radius 1 is 1.07 bits per heavy atom. The number of rotatable bonds is 5. The zero-order valence-corrected chi connectivity index (χ0v) is 16.6. The van der Waals surface area contributed by atoms with Crippen molar-refractivity contribution < 1.29 is 4.79 Å². The van der Waals surface area contributed by atoms with E-state index in [0.29, 0.717) is 17.6 Å². The van der Waals surface area contributed by atoms with Crippen LogP contribution in [-0.4, -0.2) is 23.5 Å². The molecule has 0 saturated heterocycles. The van der Waals surface area contributed by atoms with Gasteiger partial charge in [0, 0.05) is 23.3 Å². The van der Waals surface area contributed by atoms with E-state index in [4.69, 9.17) is 11.6 Å². The van der Waals surface area contributed by atoms with Crippen LogP contribution in [-0.2, 0) is 0 Å². The molecule has 1 saturated carbocycles. The third-order valence-corrected chi connectivity index (χ3v) is 5.26. The minimum absolute atomic E-state index is 0.0370. The van der Waals surface area contributed by atoms with Gasteiger partial charge in [-0.3, -0.25) is 0 Å². The summed E-state index contributed by atoms with van der Waals surface area (Å²) in [7, 11) is 0. The van der Waals surface area contributed by atoms with Gasteiger partial charge in [-0.05, 0) is 49.6 Å². The average Bonchev–Trinajstić information content (AvgIpc) is 2.69. The molecule has 0 unspecified atom stereocenters. The summed E-state index contributed by atoms with van der Waals surface area (Å²) in [5.74, 6) is 0. The number of amides is 2. The van der Waals surface area contributed by atoms with Crippen molar-refractivity contribution >= 4 is 29.4 Å². The molecule has 1 aliphatic carbocycles. The largest absolute Gasteiger partial charge is 0.322 e. The molecule has 0 spiro atoms. The number of anilines is 1. The lowest BCUT2D eigenvalue weighted by molar-refractivity contribution is 0.174. The van der Waals surface area contributed by atoms with Crippen LogP contribution in [0, 0.1) is 0 Å². The summed E-state index contributed by atoms with van der Waals surface area (Å²) in [4.78, 5) is 15.0. The molecular weight excluding hydrogens is 356 g/mol. The maximum absolute atomic E-state index is 13.0. The zero-order valence-electron chi connectivity index (χ0n) is 15.8. The number of hydrogen-bond donors (Lipinski definition) is 1. The highest BCUT2D eigenvalue weighted by atomic mass is 35.5. The number of nitrogens with zero attached hydrogens (tertiary/aromatic N) is 1. The van der Waals surface area contributed by atoms with Gasteiger partial charge in [-0.15, -0.1) is 0 Å². The molecule has 0 bridgehead atoms. The molecule has 2 amide bonds. The van der Waals surface area contributed by atoms with Crippen molar-refractivity contribution in [3.63, 3.8) is 0 Å². The van der Waals surface area contributed by atoms with Crippen LogP contribution >= 0.6 is 11.6 Å². The lowest BCUT2D eigenvalue weighted by atomic mass is 9.94. The first-order chi connectivity index (χ1) is 13.1. The Morgan fingerprint density at radius 2 is 1.74 bits per heavy atom. The van der Waals surface area contributed by atoms with Crippen LogP contribution in [0.25, 0.3) is 6.08 Å². The number of halogens is 1. The minimum atomic E-state index is -0.0370. The highest BCUT2D eigenvalue weighted by Gasteiger charge is 2.25. The first-order valence-electron chi connectivity index (χ1n) is 9.67. The standard InChI is InChI=1S/C23H27ClN2O/c1-18(16-19-8-4-2-5-9-19)17-26(22-10-6-3-7-11-22)23(27)25-21-14-12-20(24)13-15-21/h2,4-5,8-9,12-16,22H,3,6-7,10-11,17H2,1H3,(H,25,27)/b18-16+. The van der Waals surface area contributed by atoms with Gasteiger partial charge in [0.05, 0.1) is 0 Å². The van der Waals surface area contributed by atoms with E-state index in [2.05, 4.69) is 30.4 Å². The fraction of sp³-hybridized carbons (Fsp3) is 0.348. The van der Waals surface area contributed by atoms with E-state index in [9.17, 15) is 4.79 Å². The Hall–Kier alpha value is -2.26. The molecule has 3 nitrogen and oxygen atoms in total. The van der Waals surface area contributed by atoms with E-state index in [-0.39, 0.29) is 6.03 Å². The fourth-order valence-corrected chi connectivity index (χ4v) is 3.76. The first-order valence-corrected chi connectivity index (χ1v) is 10.0. The van der Waals surface area contributed by atoms with Gasteiger partial charge in [0.15, 0.2) is 0 Å². The molecule has 27 heavy (non-hydrogen) atoms. The van der Waals surface area contributed by atoms with E-state index < -0.39 is 0 Å². The van der Waals surface area contributed by atoms with Gasteiger partial charge in [-0.2, -0.15) is 0 Å². The number of carbonyl (C=O) groups excluding carboxylic acids is 1. The molecule has 1 aliphatic rings. The number of carbonyl (C=O) groups is 1. The van der Waals surface area contributed by atoms with Crippen LogP contribution in [0.5, 0.6) is 0 Å². The van der Waals surface area contributed by atoms with Crippen LogP contribution in [0.2, 0.25) is 5.02 Å². The van der Waals surface area contributed by atoms with E-state index in [0.717, 1.165) is 24.1 Å². The monoisotopic (exact) mass is 382 g/mol. The molecule has 4 heteroatoms. The fourth-order valence-electron chi connectivity index (χ4n) is 3.64. The van der Waals surface area contributed by atoms with Crippen molar-refractivity contribution in [1.82, 2.24) is 4.90 Å². The molecule has 2 aromatic carbocycles. The van der Waals surface area contributed by atoms with Gasteiger partial charge in [0.25, 0.3) is 0 Å². The summed E-state index contributed by atoms with van der Waals surface area (Å²) in [5, 5.41) is 3.70. The van der Waals surface area contributed by atoms with Gasteiger partial charge in [0.2, 0.25) is 0 Å². The van der Waals surface area contributed by atoms with Crippen LogP contribution in [0.1, 0.15) is 44.6 Å². The molecule has 2 aromatic rings. The van der Waals surface area contributed by atoms with Crippen LogP contribution < -0.4 is 5.32 Å². The lowest BCUT2D eigenvalue weighted by Crippen LogP contribution is -2.44. The second-order valence-electron chi connectivity index (χ2n) is 7.26. The molecule has 0 aliphatic heterocycles. The Morgan fingerprint density at radius 3 is 2.41 bits per heavy atom. The topological polar surface area (TPSA) is 32.3 Å². The molecule has 1 fully saturated rings. The van der Waals surface area contributed by atoms with E-state index in [1.54, 1.807) is 12.1 Å². The van der Waals surface area contributed by atoms with Gasteiger partial charge in [-0.25, -0.2) is 4.79 Å². The number of benzene rings is 2. The summed E-state index contributed by atoms with van der Waals surface area (Å²) in [6.07, 6.45) is 7.96. The highest BCUT2D eigenvalue weighted by molar-refractivity contribution is 6.30. The molecule has 0 atom stereocenters. The molecule has 142 valence electrons. The van der Waals surface area contributed by atoms with Crippen molar-refractivity contribution in [3.05, 3.63) is 70.8 Å². The van der Waals surface area contributed by atoms with Crippen molar-refractivity contribution in [2.75, 3.05) is 11.9 Å². The summed E-state index contributed by atoms with van der Waals surface area (Å²) >= 11 is 5.95. The van der Waals surface area contributed by atoms with Crippen LogP contribution in [0.4, 0.5) is 10.5 Å². The van der Waals surface area contributed by atoms with Crippen LogP contribution in [0.3, 0.4) is 0 Å². The third-order valence-electron chi connectivity index (χ3n) is 5.00. The Bertz CT molecular complexity index is 765. The second-order valence-corrected chi connectivity index (χ2v) is 7.69.